The molecule has 4 aromatic rings. The molecule has 0 aliphatic rings. The monoisotopic (exact) mass is 322 g/mol. The first-order valence-corrected chi connectivity index (χ1v) is 7.22. The standard InChI is InChI=1S/C19H12ClN3/c20-19-22-17(14-7-2-1-3-8-14)21-18(23-19)16-11-10-13-6-4-5-9-15(13)12-16/h1-12H/i1D,2D,3D,7D,8D. The Morgan fingerprint density at radius 2 is 1.43 bits per heavy atom. The minimum absolute atomic E-state index is 0.0693. The summed E-state index contributed by atoms with van der Waals surface area (Å²) in [4.78, 5) is 12.5. The maximum Gasteiger partial charge on any atom is 0.226 e. The maximum absolute atomic E-state index is 8.11. The summed E-state index contributed by atoms with van der Waals surface area (Å²) in [7, 11) is 0. The minimum Gasteiger partial charge on any atom is -0.208 e. The molecule has 1 heterocycles. The van der Waals surface area contributed by atoms with Crippen molar-refractivity contribution in [2.45, 2.75) is 0 Å². The number of fused-ring (bicyclic) bond motifs is 1. The van der Waals surface area contributed by atoms with Gasteiger partial charge in [-0.1, -0.05) is 66.6 Å². The van der Waals surface area contributed by atoms with Crippen LogP contribution in [0, 0.1) is 0 Å². The fraction of sp³-hybridized carbons (Fsp3) is 0. The smallest absolute Gasteiger partial charge is 0.208 e. The number of rotatable bonds is 2. The van der Waals surface area contributed by atoms with Gasteiger partial charge in [-0.25, -0.2) is 4.98 Å². The van der Waals surface area contributed by atoms with Crippen LogP contribution in [0.5, 0.6) is 0 Å². The van der Waals surface area contributed by atoms with E-state index in [-0.39, 0.29) is 22.5 Å². The van der Waals surface area contributed by atoms with Crippen molar-refractivity contribution in [2.75, 3.05) is 0 Å². The predicted molar refractivity (Wildman–Crippen MR) is 93.2 cm³/mol. The van der Waals surface area contributed by atoms with Crippen LogP contribution >= 0.6 is 11.6 Å². The second-order valence-electron chi connectivity index (χ2n) is 4.81. The molecule has 4 rings (SSSR count). The van der Waals surface area contributed by atoms with Crippen molar-refractivity contribution in [1.29, 1.82) is 0 Å². The molecule has 0 spiro atoms. The van der Waals surface area contributed by atoms with Crippen LogP contribution in [0.1, 0.15) is 6.85 Å². The van der Waals surface area contributed by atoms with Crippen molar-refractivity contribution < 1.29 is 6.85 Å². The van der Waals surface area contributed by atoms with Crippen molar-refractivity contribution in [1.82, 2.24) is 15.0 Å². The Balaban J connectivity index is 1.93. The highest BCUT2D eigenvalue weighted by atomic mass is 35.5. The van der Waals surface area contributed by atoms with Crippen LogP contribution in [0.2, 0.25) is 5.28 Å². The largest absolute Gasteiger partial charge is 0.226 e. The molecule has 0 amide bonds. The lowest BCUT2D eigenvalue weighted by atomic mass is 10.1. The predicted octanol–water partition coefficient (Wildman–Crippen LogP) is 5.01. The molecule has 0 unspecified atom stereocenters. The summed E-state index contributed by atoms with van der Waals surface area (Å²) in [5.74, 6) is 0.188. The quantitative estimate of drug-likeness (QED) is 0.520. The minimum atomic E-state index is -0.478. The fourth-order valence-corrected chi connectivity index (χ4v) is 2.44. The Morgan fingerprint density at radius 3 is 2.22 bits per heavy atom. The van der Waals surface area contributed by atoms with E-state index in [0.29, 0.717) is 5.56 Å². The average molecular weight is 323 g/mol. The van der Waals surface area contributed by atoms with E-state index in [2.05, 4.69) is 15.0 Å². The molecule has 0 atom stereocenters. The lowest BCUT2D eigenvalue weighted by Crippen LogP contribution is -1.97. The average Bonchev–Trinajstić information content (AvgIpc) is 2.70. The van der Waals surface area contributed by atoms with Gasteiger partial charge in [-0.3, -0.25) is 0 Å². The van der Waals surface area contributed by atoms with E-state index in [9.17, 15) is 0 Å². The number of halogens is 1. The zero-order valence-corrected chi connectivity index (χ0v) is 12.5. The van der Waals surface area contributed by atoms with E-state index in [0.717, 1.165) is 10.8 Å². The highest BCUT2D eigenvalue weighted by Crippen LogP contribution is 2.24. The number of hydrogen-bond donors (Lipinski definition) is 0. The number of benzene rings is 3. The van der Waals surface area contributed by atoms with E-state index in [1.807, 2.05) is 42.5 Å². The van der Waals surface area contributed by atoms with E-state index >= 15 is 0 Å². The van der Waals surface area contributed by atoms with Crippen molar-refractivity contribution in [2.24, 2.45) is 0 Å². The van der Waals surface area contributed by atoms with Crippen molar-refractivity contribution in [3.63, 3.8) is 0 Å². The van der Waals surface area contributed by atoms with Crippen LogP contribution in [-0.4, -0.2) is 15.0 Å². The second kappa shape index (κ2) is 5.78. The molecule has 110 valence electrons. The molecule has 0 saturated carbocycles. The van der Waals surface area contributed by atoms with Crippen LogP contribution < -0.4 is 0 Å². The highest BCUT2D eigenvalue weighted by Gasteiger charge is 2.09. The third kappa shape index (κ3) is 2.79. The maximum atomic E-state index is 8.11. The van der Waals surface area contributed by atoms with Crippen molar-refractivity contribution in [3.05, 3.63) is 78.0 Å². The summed E-state index contributed by atoms with van der Waals surface area (Å²) in [5, 5.41) is 1.91. The molecule has 0 radical (unpaired) electrons. The molecule has 0 N–H and O–H groups in total. The normalized spacial score (nSPS) is 13.9. The second-order valence-corrected chi connectivity index (χ2v) is 5.15. The summed E-state index contributed by atoms with van der Waals surface area (Å²) in [5.41, 5.74) is 0.564. The lowest BCUT2D eigenvalue weighted by Gasteiger charge is -2.06. The number of hydrogen-bond acceptors (Lipinski definition) is 3. The topological polar surface area (TPSA) is 38.7 Å². The third-order valence-electron chi connectivity index (χ3n) is 3.34. The van der Waals surface area contributed by atoms with Gasteiger partial charge < -0.3 is 0 Å². The Hall–Kier alpha value is -2.78. The van der Waals surface area contributed by atoms with Gasteiger partial charge in [0.2, 0.25) is 5.28 Å². The summed E-state index contributed by atoms with van der Waals surface area (Å²) in [6.07, 6.45) is 0. The van der Waals surface area contributed by atoms with E-state index in [1.54, 1.807) is 0 Å². The van der Waals surface area contributed by atoms with E-state index in [4.69, 9.17) is 18.5 Å². The van der Waals surface area contributed by atoms with Gasteiger partial charge in [0.1, 0.15) is 0 Å². The van der Waals surface area contributed by atoms with Crippen LogP contribution in [0.15, 0.2) is 72.7 Å². The first-order chi connectivity index (χ1) is 13.4. The van der Waals surface area contributed by atoms with Gasteiger partial charge >= 0.3 is 0 Å². The van der Waals surface area contributed by atoms with Crippen LogP contribution in [0.25, 0.3) is 33.5 Å². The lowest BCUT2D eigenvalue weighted by molar-refractivity contribution is 1.07. The Kier molecular flexibility index (Phi) is 2.36. The molecule has 23 heavy (non-hydrogen) atoms. The molecule has 0 bridgehead atoms. The van der Waals surface area contributed by atoms with Gasteiger partial charge in [0.05, 0.1) is 6.85 Å². The SMILES string of the molecule is [2H]c1c([2H])c([2H])c(-c2nc(Cl)nc(-c3ccc4ccccc4c3)n2)c([2H])c1[2H]. The molecule has 0 saturated heterocycles. The zero-order chi connectivity index (χ0) is 20.0. The van der Waals surface area contributed by atoms with Gasteiger partial charge in [-0.2, -0.15) is 9.97 Å². The van der Waals surface area contributed by atoms with Gasteiger partial charge in [0, 0.05) is 11.1 Å². The Bertz CT molecular complexity index is 1220. The van der Waals surface area contributed by atoms with Gasteiger partial charge in [-0.05, 0) is 28.4 Å². The third-order valence-corrected chi connectivity index (χ3v) is 3.51. The van der Waals surface area contributed by atoms with Crippen molar-refractivity contribution in [3.8, 4) is 22.8 Å². The molecule has 1 aromatic heterocycles. The van der Waals surface area contributed by atoms with E-state index < -0.39 is 30.2 Å². The molecular weight excluding hydrogens is 306 g/mol. The first-order valence-electron chi connectivity index (χ1n) is 9.35. The molecule has 0 aliphatic heterocycles. The Labute approximate surface area is 145 Å². The van der Waals surface area contributed by atoms with E-state index in [1.165, 1.54) is 0 Å². The van der Waals surface area contributed by atoms with Crippen LogP contribution in [-0.2, 0) is 0 Å². The first kappa shape index (κ1) is 9.38. The Morgan fingerprint density at radius 1 is 0.739 bits per heavy atom. The van der Waals surface area contributed by atoms with Crippen LogP contribution in [0.3, 0.4) is 0 Å². The molecule has 3 aromatic carbocycles. The number of nitrogens with zero attached hydrogens (tertiary/aromatic N) is 3. The molecule has 0 fully saturated rings. The molecule has 0 aliphatic carbocycles. The van der Waals surface area contributed by atoms with Gasteiger partial charge in [0.15, 0.2) is 11.6 Å². The van der Waals surface area contributed by atoms with Crippen LogP contribution in [0.4, 0.5) is 0 Å². The van der Waals surface area contributed by atoms with Gasteiger partial charge in [-0.15, -0.1) is 0 Å². The summed E-state index contributed by atoms with van der Waals surface area (Å²) in [6.45, 7) is 0. The zero-order valence-electron chi connectivity index (χ0n) is 16.8. The molecular formula is C19H12ClN3. The number of aromatic nitrogens is 3. The fourth-order valence-electron chi connectivity index (χ4n) is 2.28. The van der Waals surface area contributed by atoms with Crippen molar-refractivity contribution >= 4 is 22.4 Å². The molecule has 3 nitrogen and oxygen atoms in total. The summed E-state index contributed by atoms with van der Waals surface area (Å²) < 4.78 is 39.6. The summed E-state index contributed by atoms with van der Waals surface area (Å²) >= 11 is 6.07. The van der Waals surface area contributed by atoms with Gasteiger partial charge in [0.25, 0.3) is 0 Å². The highest BCUT2D eigenvalue weighted by molar-refractivity contribution is 6.28. The summed E-state index contributed by atoms with van der Waals surface area (Å²) in [6, 6.07) is 11.3. The molecule has 4 heteroatoms.